The molecule has 8 aromatic rings. The van der Waals surface area contributed by atoms with Crippen molar-refractivity contribution in [3.8, 4) is 0 Å². The molecule has 530 valence electrons. The zero-order chi connectivity index (χ0) is 72.2. The monoisotopic (exact) mass is 1530 g/mol. The highest BCUT2D eigenvalue weighted by Gasteiger charge is 2.64. The van der Waals surface area contributed by atoms with Gasteiger partial charge in [-0.15, -0.1) is 11.6 Å². The molecule has 4 aromatic heterocycles. The van der Waals surface area contributed by atoms with Gasteiger partial charge in [0.25, 0.3) is 11.1 Å². The van der Waals surface area contributed by atoms with Gasteiger partial charge in [0.2, 0.25) is 0 Å². The van der Waals surface area contributed by atoms with Crippen molar-refractivity contribution in [2.75, 3.05) is 12.2 Å². The van der Waals surface area contributed by atoms with Gasteiger partial charge in [-0.05, 0) is 217 Å². The average molecular weight is 1530 g/mol. The van der Waals surface area contributed by atoms with E-state index in [9.17, 15) is 9.59 Å². The summed E-state index contributed by atoms with van der Waals surface area (Å²) in [6.07, 6.45) is 7.41. The van der Waals surface area contributed by atoms with Crippen molar-refractivity contribution in [2.45, 2.75) is 237 Å². The molecule has 0 amide bonds. The Morgan fingerprint density at radius 3 is 1.08 bits per heavy atom. The SMILES string of the molecule is C.CB1OC(C)(C)C(C)(C)O1.CB1OC(C)(C)C(C)(C)O1.CBr.CC(C)Cc1nn(C)c(=O)c2c(I)n(Cc3cccc4ccccc34)cc12.CC1(C)OB(B2OC(C)(C)C(C)(C)O2)OC1(C)C.CCl.Cc1c2c(=O)n(C)nc(CC(C)C)c2cn1Cc1cccc2ccccc12. The fourth-order valence-electron chi connectivity index (χ4n) is 11.8. The van der Waals surface area contributed by atoms with Gasteiger partial charge in [0.15, 0.2) is 0 Å². The first-order valence-electron chi connectivity index (χ1n) is 33.4. The van der Waals surface area contributed by atoms with Crippen LogP contribution >= 0.6 is 50.1 Å². The lowest BCUT2D eigenvalue weighted by Gasteiger charge is -2.32. The Morgan fingerprint density at radius 2 is 0.753 bits per heavy atom. The van der Waals surface area contributed by atoms with Crippen LogP contribution in [0.25, 0.3) is 43.1 Å². The molecule has 16 nitrogen and oxygen atoms in total. The van der Waals surface area contributed by atoms with Crippen LogP contribution in [-0.4, -0.2) is 114 Å². The van der Waals surface area contributed by atoms with Gasteiger partial charge in [-0.2, -0.15) is 10.2 Å². The van der Waals surface area contributed by atoms with Gasteiger partial charge in [-0.1, -0.05) is 136 Å². The first kappa shape index (κ1) is 83.3. The van der Waals surface area contributed by atoms with Crippen LogP contribution in [-0.2, 0) is 77.3 Å². The lowest BCUT2D eigenvalue weighted by Crippen LogP contribution is -2.41. The van der Waals surface area contributed by atoms with E-state index in [1.807, 2.05) is 81.8 Å². The van der Waals surface area contributed by atoms with Crippen molar-refractivity contribution in [2.24, 2.45) is 25.9 Å². The van der Waals surface area contributed by atoms with E-state index in [4.69, 9.17) is 37.2 Å². The summed E-state index contributed by atoms with van der Waals surface area (Å²) in [4.78, 5) is 25.5. The second kappa shape index (κ2) is 32.8. The number of nitrogens with zero attached hydrogens (tertiary/aromatic N) is 6. The third-order valence-corrected chi connectivity index (χ3v) is 20.8. The normalized spacial score (nSPS) is 18.6. The van der Waals surface area contributed by atoms with E-state index in [0.717, 1.165) is 68.3 Å². The van der Waals surface area contributed by atoms with Gasteiger partial charge in [-0.25, -0.2) is 9.36 Å². The summed E-state index contributed by atoms with van der Waals surface area (Å²) < 4.78 is 54.3. The number of hydrogen-bond donors (Lipinski definition) is 0. The second-order valence-corrected chi connectivity index (χ2v) is 31.1. The van der Waals surface area contributed by atoms with Crippen LogP contribution in [0.4, 0.5) is 0 Å². The van der Waals surface area contributed by atoms with Gasteiger partial charge in [0, 0.05) is 62.4 Å². The number of benzene rings is 4. The predicted octanol–water partition coefficient (Wildman–Crippen LogP) is 17.4. The van der Waals surface area contributed by atoms with E-state index >= 15 is 0 Å². The third kappa shape index (κ3) is 18.9. The maximum Gasteiger partial charge on any atom is 0.488 e. The summed E-state index contributed by atoms with van der Waals surface area (Å²) in [5, 5.41) is 17.6. The fourth-order valence-corrected chi connectivity index (χ4v) is 12.7. The van der Waals surface area contributed by atoms with Crippen LogP contribution in [0, 0.1) is 22.5 Å². The molecule has 4 aromatic carbocycles. The van der Waals surface area contributed by atoms with Crippen molar-refractivity contribution >= 4 is 121 Å². The number of fused-ring (bicyclic) bond motifs is 4. The quantitative estimate of drug-likeness (QED) is 0.0768. The summed E-state index contributed by atoms with van der Waals surface area (Å²) in [6, 6.07) is 29.7. The number of aromatic nitrogens is 6. The number of hydrogen-bond acceptors (Lipinski definition) is 12. The highest BCUT2D eigenvalue weighted by molar-refractivity contribution is 14.1. The molecule has 4 aliphatic heterocycles. The van der Waals surface area contributed by atoms with Crippen molar-refractivity contribution in [1.82, 2.24) is 28.7 Å². The Morgan fingerprint density at radius 1 is 0.464 bits per heavy atom. The fraction of sp³-hybridized carbons (Fsp3) is 0.568. The second-order valence-electron chi connectivity index (χ2n) is 30.1. The minimum Gasteiger partial charge on any atom is -0.405 e. The summed E-state index contributed by atoms with van der Waals surface area (Å²) in [5.74, 6) is 2.78. The molecule has 4 fully saturated rings. The molecule has 23 heteroatoms. The first-order chi connectivity index (χ1) is 44.5. The Balaban J connectivity index is 0.000000227. The van der Waals surface area contributed by atoms with E-state index in [1.165, 1.54) is 48.4 Å². The van der Waals surface area contributed by atoms with E-state index < -0.39 is 14.0 Å². The Hall–Kier alpha value is -4.32. The maximum absolute atomic E-state index is 12.8. The van der Waals surface area contributed by atoms with Crippen LogP contribution in [0.3, 0.4) is 0 Å². The molecule has 4 aliphatic rings. The van der Waals surface area contributed by atoms with Gasteiger partial charge >= 0.3 is 28.3 Å². The van der Waals surface area contributed by atoms with Crippen LogP contribution < -0.4 is 11.1 Å². The first-order valence-corrected chi connectivity index (χ1v) is 36.8. The molecule has 0 unspecified atom stereocenters. The molecular weight excluding hydrogens is 1420 g/mol. The van der Waals surface area contributed by atoms with E-state index in [-0.39, 0.29) is 77.6 Å². The molecule has 0 N–H and O–H groups in total. The summed E-state index contributed by atoms with van der Waals surface area (Å²) in [5.41, 5.74) is 3.38. The Bertz CT molecular complexity index is 3760. The predicted molar refractivity (Wildman–Crippen MR) is 420 cm³/mol. The standard InChI is InChI=1S/C23H25N3O.C22H22IN3O.C12H24B2O4.2C7H15BO2.CH3Br.CH3Cl.CH4/c1-15(2)12-21-20-14-26(16(3)22(20)23(27)25(4)24-21)13-18-10-7-9-17-8-5-6-11-19(17)18;1-14(2)11-19-18-13-26(21(23)20(18)22(27)25(3)24-19)12-16-9-6-8-15-7-4-5-10-17(15)16;1-9(2)10(3,4)16-13(15-9)14-17-11(5,6)12(7,8)18-14;2*1-6(2)7(3,4)10-8(5)9-6;2*1-2;/h5-11,14-15H,12-13H2,1-4H3;4-10,13-14H,11-12H2,1-3H3;1-8H3;2*1-5H3;2*1H3;1H4. The van der Waals surface area contributed by atoms with Crippen LogP contribution in [0.15, 0.2) is 107 Å². The van der Waals surface area contributed by atoms with Gasteiger partial charge < -0.3 is 46.4 Å². The van der Waals surface area contributed by atoms with Crippen LogP contribution in [0.2, 0.25) is 13.6 Å². The molecule has 4 saturated heterocycles. The maximum atomic E-state index is 12.8. The molecule has 97 heavy (non-hydrogen) atoms. The molecule has 8 heterocycles. The summed E-state index contributed by atoms with van der Waals surface area (Å²) in [6.45, 7) is 48.7. The number of alkyl halides is 2. The zero-order valence-electron chi connectivity index (χ0n) is 62.4. The third-order valence-electron chi connectivity index (χ3n) is 19.7. The summed E-state index contributed by atoms with van der Waals surface area (Å²) >= 11 is 9.88. The topological polar surface area (TPSA) is 153 Å². The molecule has 0 radical (unpaired) electrons. The molecule has 0 atom stereocenters. The molecule has 0 aliphatic carbocycles. The van der Waals surface area contributed by atoms with E-state index in [1.54, 1.807) is 14.1 Å². The Kier molecular flexibility index (Phi) is 28.2. The molecule has 0 spiro atoms. The highest BCUT2D eigenvalue weighted by Crippen LogP contribution is 2.44. The smallest absolute Gasteiger partial charge is 0.405 e. The molecule has 12 rings (SSSR count). The average Bonchev–Trinajstić information content (AvgIpc) is 1.74. The summed E-state index contributed by atoms with van der Waals surface area (Å²) in [7, 11) is 2.40. The lowest BCUT2D eigenvalue weighted by atomic mass is 9.49. The molecule has 0 bridgehead atoms. The van der Waals surface area contributed by atoms with Crippen molar-refractivity contribution in [3.05, 3.63) is 150 Å². The van der Waals surface area contributed by atoms with Gasteiger partial charge in [0.05, 0.1) is 70.7 Å². The lowest BCUT2D eigenvalue weighted by molar-refractivity contribution is 0.00578. The highest BCUT2D eigenvalue weighted by atomic mass is 127. The van der Waals surface area contributed by atoms with E-state index in [2.05, 4.69) is 250 Å². The van der Waals surface area contributed by atoms with Gasteiger partial charge in [0.1, 0.15) is 0 Å². The van der Waals surface area contributed by atoms with Crippen LogP contribution in [0.5, 0.6) is 0 Å². The minimum absolute atomic E-state index is 0. The number of rotatable bonds is 9. The van der Waals surface area contributed by atoms with Crippen molar-refractivity contribution in [1.29, 1.82) is 0 Å². The zero-order valence-corrected chi connectivity index (χ0v) is 66.9. The molecular formula is C74H111B4BrClIN6O10. The van der Waals surface area contributed by atoms with Crippen molar-refractivity contribution < 1.29 is 37.2 Å². The molecule has 0 saturated carbocycles. The van der Waals surface area contributed by atoms with Gasteiger partial charge in [-0.3, -0.25) is 9.59 Å². The Labute approximate surface area is 608 Å². The minimum atomic E-state index is -0.476. The van der Waals surface area contributed by atoms with Crippen LogP contribution in [0.1, 0.15) is 174 Å². The number of aryl methyl sites for hydroxylation is 3. The van der Waals surface area contributed by atoms with E-state index in [0.29, 0.717) is 11.8 Å². The van der Waals surface area contributed by atoms with Crippen molar-refractivity contribution in [3.63, 3.8) is 0 Å². The number of halogens is 3. The largest absolute Gasteiger partial charge is 0.488 e.